The molecule has 2 saturated heterocycles. The number of carbonyl (C=O) groups is 1. The number of hydrogen-bond acceptors (Lipinski definition) is 5. The Kier molecular flexibility index (Phi) is 5.13. The monoisotopic (exact) mass is 365 g/mol. The molecular formula is C21H27N5O. The minimum atomic E-state index is -0.645. The lowest BCUT2D eigenvalue weighted by Crippen LogP contribution is -2.49. The van der Waals surface area contributed by atoms with E-state index in [9.17, 15) is 10.1 Å². The summed E-state index contributed by atoms with van der Waals surface area (Å²) in [7, 11) is 0. The van der Waals surface area contributed by atoms with E-state index in [4.69, 9.17) is 0 Å². The molecule has 3 heterocycles. The van der Waals surface area contributed by atoms with Gasteiger partial charge in [0.1, 0.15) is 0 Å². The van der Waals surface area contributed by atoms with Crippen molar-refractivity contribution >= 4 is 11.7 Å². The molecular weight excluding hydrogens is 338 g/mol. The number of amidine groups is 1. The van der Waals surface area contributed by atoms with Gasteiger partial charge in [0.25, 0.3) is 0 Å². The zero-order chi connectivity index (χ0) is 18.8. The summed E-state index contributed by atoms with van der Waals surface area (Å²) >= 11 is 0. The standard InChI is InChI=1S/C21H27N5O/c1-16(27)26-20(15-22)18-7-3-4-8-19(18)21(23-26)25-13-9-17(10-14-25)24-11-5-2-6-12-24/h3-4,7-8,17,20H,2,5-6,9-14H2,1H3. The lowest BCUT2D eigenvalue weighted by Gasteiger charge is -2.42. The fourth-order valence-corrected chi connectivity index (χ4v) is 4.62. The maximum atomic E-state index is 12.1. The molecule has 0 saturated carbocycles. The SMILES string of the molecule is CC(=O)N1N=C(N2CCC(N3CCCCC3)CC2)c2ccccc2C1C#N. The van der Waals surface area contributed by atoms with Gasteiger partial charge in [0, 0.05) is 37.2 Å². The molecule has 142 valence electrons. The van der Waals surface area contributed by atoms with E-state index < -0.39 is 6.04 Å². The Morgan fingerprint density at radius 1 is 1.11 bits per heavy atom. The molecule has 0 aromatic heterocycles. The molecule has 2 fully saturated rings. The molecule has 0 radical (unpaired) electrons. The molecule has 1 aromatic carbocycles. The second kappa shape index (κ2) is 7.69. The highest BCUT2D eigenvalue weighted by molar-refractivity contribution is 6.02. The van der Waals surface area contributed by atoms with E-state index in [1.807, 2.05) is 24.3 Å². The van der Waals surface area contributed by atoms with Crippen LogP contribution in [0.4, 0.5) is 0 Å². The van der Waals surface area contributed by atoms with Crippen LogP contribution in [-0.2, 0) is 4.79 Å². The highest BCUT2D eigenvalue weighted by Gasteiger charge is 2.35. The summed E-state index contributed by atoms with van der Waals surface area (Å²) in [6.45, 7) is 5.82. The van der Waals surface area contributed by atoms with Gasteiger partial charge in [-0.25, -0.2) is 5.01 Å². The molecule has 0 N–H and O–H groups in total. The van der Waals surface area contributed by atoms with Crippen molar-refractivity contribution in [3.8, 4) is 6.07 Å². The van der Waals surface area contributed by atoms with Crippen LogP contribution in [0.5, 0.6) is 0 Å². The quantitative estimate of drug-likeness (QED) is 0.768. The van der Waals surface area contributed by atoms with Gasteiger partial charge in [-0.15, -0.1) is 5.10 Å². The Balaban J connectivity index is 1.56. The smallest absolute Gasteiger partial charge is 0.241 e. The highest BCUT2D eigenvalue weighted by atomic mass is 16.2. The molecule has 1 amide bonds. The third-order valence-electron chi connectivity index (χ3n) is 6.06. The molecule has 3 aliphatic heterocycles. The van der Waals surface area contributed by atoms with E-state index in [0.717, 1.165) is 42.9 Å². The number of piperidine rings is 2. The average Bonchev–Trinajstić information content (AvgIpc) is 2.73. The summed E-state index contributed by atoms with van der Waals surface area (Å²) in [4.78, 5) is 17.1. The number of hydrogen-bond donors (Lipinski definition) is 0. The van der Waals surface area contributed by atoms with Crippen LogP contribution in [-0.4, -0.2) is 58.8 Å². The van der Waals surface area contributed by atoms with Crippen LogP contribution in [0.1, 0.15) is 56.2 Å². The van der Waals surface area contributed by atoms with Crippen LogP contribution in [0.15, 0.2) is 29.4 Å². The number of rotatable bonds is 1. The Labute approximate surface area is 161 Å². The fraction of sp³-hybridized carbons (Fsp3) is 0.571. The molecule has 0 aliphatic carbocycles. The van der Waals surface area contributed by atoms with Gasteiger partial charge in [-0.2, -0.15) is 5.26 Å². The molecule has 6 nitrogen and oxygen atoms in total. The molecule has 6 heteroatoms. The molecule has 1 aromatic rings. The van der Waals surface area contributed by atoms with Crippen LogP contribution in [0.2, 0.25) is 0 Å². The van der Waals surface area contributed by atoms with Crippen molar-refractivity contribution in [3.05, 3.63) is 35.4 Å². The normalized spacial score (nSPS) is 24.1. The van der Waals surface area contributed by atoms with Crippen LogP contribution >= 0.6 is 0 Å². The second-order valence-electron chi connectivity index (χ2n) is 7.72. The van der Waals surface area contributed by atoms with Gasteiger partial charge in [-0.3, -0.25) is 4.79 Å². The van der Waals surface area contributed by atoms with Crippen LogP contribution in [0, 0.1) is 11.3 Å². The van der Waals surface area contributed by atoms with Crippen molar-refractivity contribution in [2.24, 2.45) is 5.10 Å². The van der Waals surface area contributed by atoms with Crippen LogP contribution < -0.4 is 0 Å². The predicted molar refractivity (Wildman–Crippen MR) is 104 cm³/mol. The first-order valence-electron chi connectivity index (χ1n) is 10.1. The number of likely N-dealkylation sites (tertiary alicyclic amines) is 2. The number of benzene rings is 1. The Morgan fingerprint density at radius 2 is 1.81 bits per heavy atom. The molecule has 27 heavy (non-hydrogen) atoms. The first kappa shape index (κ1) is 18.0. The van der Waals surface area contributed by atoms with Gasteiger partial charge >= 0.3 is 0 Å². The number of amides is 1. The van der Waals surface area contributed by atoms with Crippen molar-refractivity contribution < 1.29 is 4.79 Å². The molecule has 4 rings (SSSR count). The summed E-state index contributed by atoms with van der Waals surface area (Å²) in [6.07, 6.45) is 6.27. The van der Waals surface area contributed by atoms with E-state index in [0.29, 0.717) is 6.04 Å². The second-order valence-corrected chi connectivity index (χ2v) is 7.72. The lowest BCUT2D eigenvalue weighted by molar-refractivity contribution is -0.130. The summed E-state index contributed by atoms with van der Waals surface area (Å²) in [6, 6.07) is 10.1. The Bertz CT molecular complexity index is 769. The molecule has 1 unspecified atom stereocenters. The zero-order valence-corrected chi connectivity index (χ0v) is 16.0. The lowest BCUT2D eigenvalue weighted by atomic mass is 9.95. The van der Waals surface area contributed by atoms with Gasteiger partial charge in [0.15, 0.2) is 11.9 Å². The number of hydrazone groups is 1. The molecule has 1 atom stereocenters. The summed E-state index contributed by atoms with van der Waals surface area (Å²) in [5, 5.41) is 15.6. The molecule has 0 bridgehead atoms. The van der Waals surface area contributed by atoms with E-state index in [1.165, 1.54) is 44.3 Å². The van der Waals surface area contributed by atoms with Gasteiger partial charge in [0.05, 0.1) is 6.07 Å². The predicted octanol–water partition coefficient (Wildman–Crippen LogP) is 2.73. The van der Waals surface area contributed by atoms with Gasteiger partial charge in [0.2, 0.25) is 5.91 Å². The van der Waals surface area contributed by atoms with Gasteiger partial charge in [-0.05, 0) is 38.8 Å². The highest BCUT2D eigenvalue weighted by Crippen LogP contribution is 2.32. The fourth-order valence-electron chi connectivity index (χ4n) is 4.62. The minimum absolute atomic E-state index is 0.197. The first-order valence-corrected chi connectivity index (χ1v) is 10.1. The van der Waals surface area contributed by atoms with E-state index >= 15 is 0 Å². The zero-order valence-electron chi connectivity index (χ0n) is 16.0. The van der Waals surface area contributed by atoms with Gasteiger partial charge in [-0.1, -0.05) is 30.7 Å². The van der Waals surface area contributed by atoms with Crippen molar-refractivity contribution in [1.82, 2.24) is 14.8 Å². The van der Waals surface area contributed by atoms with Crippen molar-refractivity contribution in [2.75, 3.05) is 26.2 Å². The maximum Gasteiger partial charge on any atom is 0.241 e. The largest absolute Gasteiger partial charge is 0.355 e. The third-order valence-corrected chi connectivity index (χ3v) is 6.06. The summed E-state index contributed by atoms with van der Waals surface area (Å²) in [5.74, 6) is 0.640. The Morgan fingerprint density at radius 3 is 2.48 bits per heavy atom. The van der Waals surface area contributed by atoms with E-state index in [1.54, 1.807) is 0 Å². The van der Waals surface area contributed by atoms with Crippen LogP contribution in [0.25, 0.3) is 0 Å². The number of nitriles is 1. The number of carbonyl (C=O) groups excluding carboxylic acids is 1. The Hall–Kier alpha value is -2.39. The van der Waals surface area contributed by atoms with Crippen molar-refractivity contribution in [1.29, 1.82) is 5.26 Å². The molecule has 0 spiro atoms. The minimum Gasteiger partial charge on any atom is -0.355 e. The van der Waals surface area contributed by atoms with Gasteiger partial charge < -0.3 is 9.80 Å². The van der Waals surface area contributed by atoms with E-state index in [2.05, 4.69) is 21.0 Å². The van der Waals surface area contributed by atoms with Crippen molar-refractivity contribution in [2.45, 2.75) is 51.1 Å². The first-order chi connectivity index (χ1) is 13.2. The maximum absolute atomic E-state index is 12.1. The van der Waals surface area contributed by atoms with Crippen LogP contribution in [0.3, 0.4) is 0 Å². The molecule has 3 aliphatic rings. The van der Waals surface area contributed by atoms with E-state index in [-0.39, 0.29) is 5.91 Å². The third kappa shape index (κ3) is 3.44. The summed E-state index contributed by atoms with van der Waals surface area (Å²) in [5.41, 5.74) is 1.86. The summed E-state index contributed by atoms with van der Waals surface area (Å²) < 4.78 is 0. The van der Waals surface area contributed by atoms with Crippen molar-refractivity contribution in [3.63, 3.8) is 0 Å². The topological polar surface area (TPSA) is 62.9 Å². The number of nitrogens with zero attached hydrogens (tertiary/aromatic N) is 5. The number of fused-ring (bicyclic) bond motifs is 1. The average molecular weight is 365 g/mol.